The number of benzene rings is 2. The highest BCUT2D eigenvalue weighted by Gasteiger charge is 2.80. The van der Waals surface area contributed by atoms with Gasteiger partial charge in [0.25, 0.3) is 0 Å². The molecule has 0 saturated heterocycles. The van der Waals surface area contributed by atoms with Crippen LogP contribution < -0.4 is 40.1 Å². The van der Waals surface area contributed by atoms with Crippen molar-refractivity contribution < 1.29 is 48.6 Å². The number of amides is 2. The number of aliphatic carboxylic acids is 1. The first-order valence-electron chi connectivity index (χ1n) is 19.8. The first-order chi connectivity index (χ1) is 28.0. The Morgan fingerprint density at radius 3 is 1.70 bits per heavy atom. The van der Waals surface area contributed by atoms with Gasteiger partial charge in [0.2, 0.25) is 17.4 Å². The number of nitrogens with two attached hydrogens (primary N) is 7. The van der Waals surface area contributed by atoms with Gasteiger partial charge in [-0.2, -0.15) is 0 Å². The van der Waals surface area contributed by atoms with E-state index in [1.54, 1.807) is 30.3 Å². The fraction of sp³-hybridized carbons (Fsp3) is 0.524. The predicted octanol–water partition coefficient (Wildman–Crippen LogP) is -0.996. The van der Waals surface area contributed by atoms with Gasteiger partial charge in [0.05, 0.1) is 42.7 Å². The molecule has 0 saturated carbocycles. The molecule has 18 heteroatoms. The van der Waals surface area contributed by atoms with Gasteiger partial charge in [-0.3, -0.25) is 33.6 Å². The van der Waals surface area contributed by atoms with Crippen LogP contribution in [0.2, 0.25) is 0 Å². The molecule has 18 nitrogen and oxygen atoms in total. The van der Waals surface area contributed by atoms with Gasteiger partial charge >= 0.3 is 5.97 Å². The van der Waals surface area contributed by atoms with Crippen LogP contribution in [0.15, 0.2) is 54.6 Å². The van der Waals surface area contributed by atoms with Gasteiger partial charge in [-0.1, -0.05) is 69.7 Å². The maximum atomic E-state index is 15.8. The number of phenolic OH excluding ortho intramolecular Hbond substituents is 1. The number of hydrogen-bond acceptors (Lipinski definition) is 15. The third kappa shape index (κ3) is 9.86. The molecule has 9 atom stereocenters. The molecule has 2 aromatic rings. The van der Waals surface area contributed by atoms with Crippen molar-refractivity contribution in [1.29, 1.82) is 0 Å². The molecule has 0 aliphatic carbocycles. The summed E-state index contributed by atoms with van der Waals surface area (Å²) in [6.45, 7) is 4.61. The third-order valence-corrected chi connectivity index (χ3v) is 11.1. The maximum absolute atomic E-state index is 15.8. The van der Waals surface area contributed by atoms with Crippen LogP contribution in [0.25, 0.3) is 0 Å². The van der Waals surface area contributed by atoms with E-state index in [2.05, 4.69) is 0 Å². The van der Waals surface area contributed by atoms with Crippen LogP contribution in [0.1, 0.15) is 71.4 Å². The Balaban J connectivity index is 3.57. The molecule has 2 rings (SSSR count). The minimum absolute atomic E-state index is 0.114. The van der Waals surface area contributed by atoms with Gasteiger partial charge in [0.1, 0.15) is 11.2 Å². The topological polar surface area (TPSA) is 362 Å². The first-order valence-corrected chi connectivity index (χ1v) is 19.8. The van der Waals surface area contributed by atoms with E-state index in [9.17, 15) is 29.4 Å². The van der Waals surface area contributed by atoms with Crippen molar-refractivity contribution in [3.63, 3.8) is 0 Å². The Labute approximate surface area is 349 Å². The van der Waals surface area contributed by atoms with Crippen molar-refractivity contribution in [1.82, 2.24) is 4.90 Å². The molecule has 0 spiro atoms. The highest BCUT2D eigenvalue weighted by Crippen LogP contribution is 2.59. The number of hydrogen-bond donors (Lipinski definition) is 9. The second-order valence-corrected chi connectivity index (χ2v) is 15.6. The summed E-state index contributed by atoms with van der Waals surface area (Å²) in [4.78, 5) is 119. The molecule has 0 radical (unpaired) electrons. The minimum Gasteiger partial charge on any atom is -0.508 e. The Bertz CT molecular complexity index is 1890. The Morgan fingerprint density at radius 2 is 1.25 bits per heavy atom. The molecule has 0 bridgehead atoms. The fourth-order valence-corrected chi connectivity index (χ4v) is 8.61. The number of ketones is 5. The zero-order chi connectivity index (χ0) is 45.9. The number of aromatic hydroxyl groups is 1. The number of carbonyl (C=O) groups is 8. The van der Waals surface area contributed by atoms with Crippen molar-refractivity contribution in [2.24, 2.45) is 56.9 Å². The lowest BCUT2D eigenvalue weighted by atomic mass is 9.42. The molecule has 330 valence electrons. The van der Waals surface area contributed by atoms with Gasteiger partial charge in [-0.25, -0.2) is 4.79 Å². The average molecular weight is 839 g/mol. The van der Waals surface area contributed by atoms with Gasteiger partial charge in [-0.15, -0.1) is 0 Å². The summed E-state index contributed by atoms with van der Waals surface area (Å²) in [5.74, 6) is -14.2. The summed E-state index contributed by atoms with van der Waals surface area (Å²) < 4.78 is 0. The highest BCUT2D eigenvalue weighted by molar-refractivity contribution is 6.27. The van der Waals surface area contributed by atoms with E-state index in [1.165, 1.54) is 52.0 Å². The maximum Gasteiger partial charge on any atom is 0.339 e. The Hall–Kier alpha value is -5.24. The molecule has 16 N–H and O–H groups in total. The molecular weight excluding hydrogens is 777 g/mol. The van der Waals surface area contributed by atoms with E-state index < -0.39 is 132 Å². The molecule has 0 aliphatic rings. The van der Waals surface area contributed by atoms with E-state index >= 15 is 19.2 Å². The van der Waals surface area contributed by atoms with Crippen LogP contribution in [0.3, 0.4) is 0 Å². The molecule has 60 heavy (non-hydrogen) atoms. The zero-order valence-electron chi connectivity index (χ0n) is 35.0. The summed E-state index contributed by atoms with van der Waals surface area (Å²) in [5.41, 5.74) is 34.3. The van der Waals surface area contributed by atoms with E-state index in [-0.39, 0.29) is 30.6 Å². The molecule has 0 aromatic heterocycles. The summed E-state index contributed by atoms with van der Waals surface area (Å²) in [6.07, 6.45) is -2.53. The van der Waals surface area contributed by atoms with Crippen molar-refractivity contribution in [3.05, 3.63) is 65.7 Å². The number of Topliss-reactive ketones (excluding diaryl/α,β-unsaturated/α-hetero) is 5. The van der Waals surface area contributed by atoms with Crippen molar-refractivity contribution in [3.8, 4) is 5.75 Å². The molecule has 9 unspecified atom stereocenters. The average Bonchev–Trinajstić information content (AvgIpc) is 3.18. The number of rotatable bonds is 26. The third-order valence-electron chi connectivity index (χ3n) is 11.1. The van der Waals surface area contributed by atoms with Crippen LogP contribution in [0, 0.1) is 16.7 Å². The Morgan fingerprint density at radius 1 is 0.717 bits per heavy atom. The summed E-state index contributed by atoms with van der Waals surface area (Å²) in [7, 11) is 0. The SMILES string of the molecule is CCCN(C(=O)C(C)N)C(C(=O)O)(C(=O)C(N)Cc1ccc(O)cc1)C(C(=O)CN)(C(=O)C(N)CC(N)=O)C(C)(CCC)C(C(=O)C(C)N)C(=O)C(N)Cc1ccccc1. The largest absolute Gasteiger partial charge is 0.508 e. The number of carboxylic acid groups (broad SMARTS) is 1. The summed E-state index contributed by atoms with van der Waals surface area (Å²) in [6, 6.07) is 4.75. The Kier molecular flexibility index (Phi) is 18.1. The highest BCUT2D eigenvalue weighted by atomic mass is 16.4. The molecule has 2 aromatic carbocycles. The molecular formula is C42H62N8O10. The normalized spacial score (nSPS) is 17.5. The molecule has 2 amide bonds. The van der Waals surface area contributed by atoms with Crippen LogP contribution >= 0.6 is 0 Å². The van der Waals surface area contributed by atoms with Crippen molar-refractivity contribution in [2.45, 2.75) is 109 Å². The van der Waals surface area contributed by atoms with Gasteiger partial charge in [0, 0.05) is 18.4 Å². The van der Waals surface area contributed by atoms with Crippen LogP contribution in [-0.4, -0.2) is 111 Å². The molecule has 0 fully saturated rings. The smallest absolute Gasteiger partial charge is 0.339 e. The number of carboxylic acids is 1. The van der Waals surface area contributed by atoms with Crippen LogP contribution in [0.5, 0.6) is 5.75 Å². The van der Waals surface area contributed by atoms with E-state index in [1.807, 2.05) is 0 Å². The van der Waals surface area contributed by atoms with Crippen LogP contribution in [0.4, 0.5) is 0 Å². The first kappa shape index (κ1) is 50.9. The van der Waals surface area contributed by atoms with E-state index in [4.69, 9.17) is 40.1 Å². The number of primary amides is 1. The second kappa shape index (κ2) is 21.3. The lowest BCUT2D eigenvalue weighted by Crippen LogP contribution is -2.84. The minimum atomic E-state index is -3.81. The zero-order valence-corrected chi connectivity index (χ0v) is 35.0. The second-order valence-electron chi connectivity index (χ2n) is 15.6. The number of carbonyl (C=O) groups excluding carboxylic acids is 7. The van der Waals surface area contributed by atoms with Gasteiger partial charge in [0.15, 0.2) is 28.9 Å². The van der Waals surface area contributed by atoms with Gasteiger partial charge in [-0.05, 0) is 62.8 Å². The number of nitrogens with zero attached hydrogens (tertiary/aromatic N) is 1. The van der Waals surface area contributed by atoms with Gasteiger partial charge < -0.3 is 55.2 Å². The number of phenols is 1. The lowest BCUT2D eigenvalue weighted by molar-refractivity contribution is -0.199. The fourth-order valence-electron chi connectivity index (χ4n) is 8.61. The standard InChI is InChI=1S/C42H62N8O10/c1-6-17-40(5,33(34(54)23(3)44)35(55)28(46)19-25-11-9-8-10-12-25)41(31(52)22-43,36(56)30(48)21-32(49)53)42(39(59)60,50(18-7-2)38(58)24(4)45)37(57)29(47)20-26-13-15-27(51)16-14-26/h8-16,23-24,28-30,33,51H,6-7,17-22,43-48H2,1-5H3,(H2,49,53)(H,59,60). The molecule has 0 heterocycles. The van der Waals surface area contributed by atoms with Crippen molar-refractivity contribution >= 4 is 46.7 Å². The quantitative estimate of drug-likeness (QED) is 0.0513. The monoisotopic (exact) mass is 838 g/mol. The van der Waals surface area contributed by atoms with E-state index in [0.29, 0.717) is 10.5 Å². The lowest BCUT2D eigenvalue weighted by Gasteiger charge is -2.60. The summed E-state index contributed by atoms with van der Waals surface area (Å²) in [5, 5.41) is 21.9. The van der Waals surface area contributed by atoms with Crippen LogP contribution in [-0.2, 0) is 51.2 Å². The molecule has 0 aliphatic heterocycles. The summed E-state index contributed by atoms with van der Waals surface area (Å²) >= 11 is 0. The van der Waals surface area contributed by atoms with Crippen molar-refractivity contribution in [2.75, 3.05) is 13.1 Å². The predicted molar refractivity (Wildman–Crippen MR) is 222 cm³/mol. The van der Waals surface area contributed by atoms with E-state index in [0.717, 1.165) is 6.92 Å².